The van der Waals surface area contributed by atoms with Crippen molar-refractivity contribution in [2.75, 3.05) is 18.3 Å². The number of rotatable bonds is 8. The maximum Gasteiger partial charge on any atom is 0.147 e. The van der Waals surface area contributed by atoms with Gasteiger partial charge in [-0.25, -0.2) is 4.98 Å². The fourth-order valence-electron chi connectivity index (χ4n) is 3.18. The van der Waals surface area contributed by atoms with E-state index in [0.29, 0.717) is 17.3 Å². The number of benzene rings is 2. The van der Waals surface area contributed by atoms with Gasteiger partial charge in [0, 0.05) is 22.5 Å². The summed E-state index contributed by atoms with van der Waals surface area (Å²) in [6, 6.07) is 13.9. The second-order valence-electron chi connectivity index (χ2n) is 7.00. The second kappa shape index (κ2) is 9.63. The van der Waals surface area contributed by atoms with E-state index in [4.69, 9.17) is 9.72 Å². The van der Waals surface area contributed by atoms with Gasteiger partial charge in [0.25, 0.3) is 0 Å². The molecule has 0 atom stereocenters. The highest BCUT2D eigenvalue weighted by molar-refractivity contribution is 7.99. The zero-order chi connectivity index (χ0) is 21.7. The number of hydrogen-bond acceptors (Lipinski definition) is 7. The Morgan fingerprint density at radius 2 is 2.00 bits per heavy atom. The van der Waals surface area contributed by atoms with Gasteiger partial charge in [-0.15, -0.1) is 0 Å². The van der Waals surface area contributed by atoms with Crippen molar-refractivity contribution in [3.63, 3.8) is 0 Å². The van der Waals surface area contributed by atoms with Crippen LogP contribution in [-0.2, 0) is 10.5 Å². The molecule has 0 fully saturated rings. The van der Waals surface area contributed by atoms with Crippen LogP contribution < -0.4 is 15.3 Å². The van der Waals surface area contributed by atoms with Crippen LogP contribution >= 0.6 is 11.8 Å². The van der Waals surface area contributed by atoms with Crippen molar-refractivity contribution in [3.8, 4) is 5.75 Å². The first-order valence-electron chi connectivity index (χ1n) is 9.51. The Bertz CT molecular complexity index is 1110. The number of carbonyl (C=O) groups is 1. The first-order chi connectivity index (χ1) is 14.4. The van der Waals surface area contributed by atoms with Crippen LogP contribution in [0.15, 0.2) is 47.6 Å². The summed E-state index contributed by atoms with van der Waals surface area (Å²) in [7, 11) is 1.60. The Labute approximate surface area is 180 Å². The number of carboxylic acids is 1. The highest BCUT2D eigenvalue weighted by atomic mass is 32.2. The first-order valence-corrected chi connectivity index (χ1v) is 10.7. The van der Waals surface area contributed by atoms with E-state index in [-0.39, 0.29) is 5.75 Å². The van der Waals surface area contributed by atoms with E-state index in [1.54, 1.807) is 7.11 Å². The summed E-state index contributed by atoms with van der Waals surface area (Å²) in [6.07, 6.45) is 0. The van der Waals surface area contributed by atoms with E-state index in [1.807, 2.05) is 50.2 Å². The highest BCUT2D eigenvalue weighted by Gasteiger charge is 2.08. The van der Waals surface area contributed by atoms with Gasteiger partial charge in [0.15, 0.2) is 0 Å². The van der Waals surface area contributed by atoms with E-state index < -0.39 is 5.97 Å². The summed E-state index contributed by atoms with van der Waals surface area (Å²) in [5.74, 6) is 0.773. The number of hydrazone groups is 1. The van der Waals surface area contributed by atoms with Crippen LogP contribution in [0.4, 0.5) is 5.82 Å². The molecule has 2 aromatic carbocycles. The molecule has 0 radical (unpaired) electrons. The molecule has 1 N–H and O–H groups in total. The number of anilines is 1. The Morgan fingerprint density at radius 1 is 1.20 bits per heavy atom. The molecule has 0 spiro atoms. The summed E-state index contributed by atoms with van der Waals surface area (Å²) in [6.45, 7) is 6.02. The number of aromatic nitrogens is 1. The summed E-state index contributed by atoms with van der Waals surface area (Å²) in [4.78, 5) is 15.4. The predicted molar refractivity (Wildman–Crippen MR) is 121 cm³/mol. The maximum absolute atomic E-state index is 10.7. The smallest absolute Gasteiger partial charge is 0.147 e. The number of methoxy groups -OCH3 is 1. The minimum absolute atomic E-state index is 0.0611. The predicted octanol–water partition coefficient (Wildman–Crippen LogP) is 3.68. The molecule has 156 valence electrons. The number of para-hydroxylation sites is 1. The van der Waals surface area contributed by atoms with Crippen LogP contribution in [0.2, 0.25) is 0 Å². The lowest BCUT2D eigenvalue weighted by Gasteiger charge is -2.12. The molecule has 30 heavy (non-hydrogen) atoms. The number of fused-ring (bicyclic) bond motifs is 1. The molecule has 0 amide bonds. The molecule has 0 saturated carbocycles. The SMILES string of the molecule is COc1ccc(/C(C)=N\Nc2cc(C)c3cccc(C)c3n2)cc1CSCC(=O)[O-]. The number of pyridine rings is 1. The number of nitrogens with zero attached hydrogens (tertiary/aromatic N) is 2. The molecule has 6 nitrogen and oxygen atoms in total. The molecule has 7 heteroatoms. The molecule has 0 aliphatic heterocycles. The van der Waals surface area contributed by atoms with Crippen molar-refractivity contribution in [2.45, 2.75) is 26.5 Å². The number of ether oxygens (including phenoxy) is 1. The van der Waals surface area contributed by atoms with Gasteiger partial charge in [-0.2, -0.15) is 16.9 Å². The Morgan fingerprint density at radius 3 is 2.73 bits per heavy atom. The summed E-state index contributed by atoms with van der Waals surface area (Å²) < 4.78 is 5.39. The van der Waals surface area contributed by atoms with E-state index in [1.165, 1.54) is 11.8 Å². The second-order valence-corrected chi connectivity index (χ2v) is 7.98. The molecule has 0 aliphatic carbocycles. The lowest BCUT2D eigenvalue weighted by atomic mass is 10.1. The Hall–Kier alpha value is -3.06. The fraction of sp³-hybridized carbons (Fsp3) is 0.261. The number of aliphatic carboxylic acids is 1. The minimum atomic E-state index is -1.08. The number of nitrogens with one attached hydrogen (secondary N) is 1. The lowest BCUT2D eigenvalue weighted by Crippen LogP contribution is -2.24. The largest absolute Gasteiger partial charge is 0.549 e. The van der Waals surface area contributed by atoms with Crippen molar-refractivity contribution in [2.24, 2.45) is 5.10 Å². The van der Waals surface area contributed by atoms with Gasteiger partial charge in [-0.05, 0) is 61.7 Å². The quantitative estimate of drug-likeness (QED) is 0.440. The minimum Gasteiger partial charge on any atom is -0.549 e. The van der Waals surface area contributed by atoms with Gasteiger partial charge < -0.3 is 14.6 Å². The van der Waals surface area contributed by atoms with E-state index >= 15 is 0 Å². The average Bonchev–Trinajstić information content (AvgIpc) is 2.72. The third-order valence-corrected chi connectivity index (χ3v) is 5.72. The number of thioether (sulfide) groups is 1. The first kappa shape index (κ1) is 21.6. The number of hydrogen-bond donors (Lipinski definition) is 1. The van der Waals surface area contributed by atoms with Gasteiger partial charge in [-0.1, -0.05) is 18.2 Å². The van der Waals surface area contributed by atoms with Gasteiger partial charge in [0.05, 0.1) is 24.3 Å². The molecule has 3 aromatic rings. The topological polar surface area (TPSA) is 86.6 Å². The molecule has 0 saturated heterocycles. The normalized spacial score (nSPS) is 11.5. The third-order valence-electron chi connectivity index (χ3n) is 4.76. The third kappa shape index (κ3) is 5.10. The Balaban J connectivity index is 1.82. The van der Waals surface area contributed by atoms with Crippen LogP contribution in [0.3, 0.4) is 0 Å². The molecular formula is C23H24N3O3S-. The van der Waals surface area contributed by atoms with Crippen molar-refractivity contribution >= 4 is 40.2 Å². The van der Waals surface area contributed by atoms with Crippen molar-refractivity contribution in [1.82, 2.24) is 4.98 Å². The van der Waals surface area contributed by atoms with Gasteiger partial charge >= 0.3 is 0 Å². The van der Waals surface area contributed by atoms with Crippen molar-refractivity contribution < 1.29 is 14.6 Å². The zero-order valence-electron chi connectivity index (χ0n) is 17.5. The summed E-state index contributed by atoms with van der Waals surface area (Å²) >= 11 is 1.27. The molecule has 3 rings (SSSR count). The van der Waals surface area contributed by atoms with Crippen LogP contribution in [0, 0.1) is 13.8 Å². The maximum atomic E-state index is 10.7. The summed E-state index contributed by atoms with van der Waals surface area (Å²) in [5, 5.41) is 16.3. The fourth-order valence-corrected chi connectivity index (χ4v) is 3.90. The van der Waals surface area contributed by atoms with Crippen LogP contribution in [0.5, 0.6) is 5.75 Å². The Kier molecular flexibility index (Phi) is 6.95. The molecule has 1 heterocycles. The number of aryl methyl sites for hydroxylation is 2. The highest BCUT2D eigenvalue weighted by Crippen LogP contribution is 2.25. The van der Waals surface area contributed by atoms with Gasteiger partial charge in [0.1, 0.15) is 11.6 Å². The van der Waals surface area contributed by atoms with Crippen molar-refractivity contribution in [1.29, 1.82) is 0 Å². The number of carbonyl (C=O) groups excluding carboxylic acids is 1. The lowest BCUT2D eigenvalue weighted by molar-refractivity contribution is -0.301. The molecule has 0 aliphatic rings. The van der Waals surface area contributed by atoms with Crippen molar-refractivity contribution in [3.05, 3.63) is 64.7 Å². The number of carboxylic acid groups (broad SMARTS) is 1. The standard InChI is InChI=1S/C23H25N3O3S/c1-14-6-5-7-19-15(2)10-21(24-23(14)19)26-25-16(3)17-8-9-20(29-4)18(11-17)12-30-13-22(27)28/h5-11H,12-13H2,1-4H3,(H,24,26)(H,27,28)/p-1/b25-16-. The van der Waals surface area contributed by atoms with Gasteiger partial charge in [0.2, 0.25) is 0 Å². The van der Waals surface area contributed by atoms with E-state index in [0.717, 1.165) is 38.9 Å². The van der Waals surface area contributed by atoms with Gasteiger partial charge in [-0.3, -0.25) is 5.43 Å². The van der Waals surface area contributed by atoms with Crippen LogP contribution in [0.1, 0.15) is 29.2 Å². The monoisotopic (exact) mass is 422 g/mol. The van der Waals surface area contributed by atoms with Crippen LogP contribution in [0.25, 0.3) is 10.9 Å². The average molecular weight is 423 g/mol. The summed E-state index contributed by atoms with van der Waals surface area (Å²) in [5.41, 5.74) is 8.89. The zero-order valence-corrected chi connectivity index (χ0v) is 18.3. The van der Waals surface area contributed by atoms with Crippen LogP contribution in [-0.4, -0.2) is 29.5 Å². The molecule has 1 aromatic heterocycles. The molecular weight excluding hydrogens is 398 g/mol. The van der Waals surface area contributed by atoms with E-state index in [9.17, 15) is 9.90 Å². The molecule has 0 bridgehead atoms. The molecule has 0 unspecified atom stereocenters. The van der Waals surface area contributed by atoms with E-state index in [2.05, 4.69) is 23.5 Å².